The fourth-order valence-electron chi connectivity index (χ4n) is 5.45. The van der Waals surface area contributed by atoms with Gasteiger partial charge < -0.3 is 19.8 Å². The number of pyridine rings is 1. The van der Waals surface area contributed by atoms with Crippen LogP contribution >= 0.6 is 0 Å². The van der Waals surface area contributed by atoms with Gasteiger partial charge in [0.15, 0.2) is 0 Å². The van der Waals surface area contributed by atoms with Gasteiger partial charge in [0.1, 0.15) is 5.60 Å². The number of hydrogen-bond acceptors (Lipinski definition) is 7. The van der Waals surface area contributed by atoms with Gasteiger partial charge in [-0.2, -0.15) is 4.98 Å². The number of nitrogens with one attached hydrogen (secondary N) is 1. The molecule has 0 saturated carbocycles. The largest absolute Gasteiger partial charge is 0.380 e. The van der Waals surface area contributed by atoms with Gasteiger partial charge in [-0.05, 0) is 36.0 Å². The number of rotatable bonds is 6. The first-order valence-electron chi connectivity index (χ1n) is 12.8. The first-order chi connectivity index (χ1) is 17.2. The minimum absolute atomic E-state index is 0.101. The number of benzene rings is 1. The van der Waals surface area contributed by atoms with Crippen LogP contribution in [-0.4, -0.2) is 57.2 Å². The summed E-state index contributed by atoms with van der Waals surface area (Å²) in [7, 11) is 0. The standard InChI is InChI=1S/C28H35N5O3/c1-18(2)20-5-7-23(8-6-20)28(35,27(4)16-30-17-27)24-13-22(14-29-15-24)25-31-26(36-32-25)21-9-11-33(12-10-21)19(3)34/h5-8,13-15,18,21,30,35H,9-12,16-17H2,1-4H3/t28-/m0/s1. The fraction of sp³-hybridized carbons (Fsp3) is 0.500. The lowest BCUT2D eigenvalue weighted by Crippen LogP contribution is -2.63. The van der Waals surface area contributed by atoms with Crippen molar-refractivity contribution >= 4 is 5.91 Å². The molecule has 0 aliphatic carbocycles. The van der Waals surface area contributed by atoms with Crippen LogP contribution in [0.4, 0.5) is 0 Å². The quantitative estimate of drug-likeness (QED) is 0.542. The van der Waals surface area contributed by atoms with Gasteiger partial charge in [-0.3, -0.25) is 9.78 Å². The van der Waals surface area contributed by atoms with Gasteiger partial charge in [0.2, 0.25) is 17.6 Å². The van der Waals surface area contributed by atoms with Gasteiger partial charge in [0.05, 0.1) is 0 Å². The molecule has 2 N–H and O–H groups in total. The molecule has 36 heavy (non-hydrogen) atoms. The van der Waals surface area contributed by atoms with E-state index in [9.17, 15) is 9.90 Å². The molecule has 3 aromatic rings. The van der Waals surface area contributed by atoms with Crippen LogP contribution in [0.1, 0.15) is 75.0 Å². The van der Waals surface area contributed by atoms with Crippen molar-refractivity contribution in [3.05, 3.63) is 65.3 Å². The Morgan fingerprint density at radius 3 is 2.44 bits per heavy atom. The number of aliphatic hydroxyl groups is 1. The lowest BCUT2D eigenvalue weighted by molar-refractivity contribution is -0.129. The van der Waals surface area contributed by atoms with Crippen LogP contribution in [0, 0.1) is 5.41 Å². The summed E-state index contributed by atoms with van der Waals surface area (Å²) in [6, 6.07) is 10.2. The highest BCUT2D eigenvalue weighted by molar-refractivity contribution is 5.73. The van der Waals surface area contributed by atoms with Crippen molar-refractivity contribution in [3.63, 3.8) is 0 Å². The third-order valence-corrected chi connectivity index (χ3v) is 8.04. The van der Waals surface area contributed by atoms with Gasteiger partial charge in [0.25, 0.3) is 0 Å². The average molecular weight is 490 g/mol. The molecule has 190 valence electrons. The summed E-state index contributed by atoms with van der Waals surface area (Å²) in [4.78, 5) is 22.6. The van der Waals surface area contributed by atoms with Crippen molar-refractivity contribution in [2.75, 3.05) is 26.2 Å². The number of aromatic nitrogens is 3. The molecule has 0 spiro atoms. The Balaban J connectivity index is 1.45. The van der Waals surface area contributed by atoms with E-state index in [-0.39, 0.29) is 17.2 Å². The molecule has 2 fully saturated rings. The fourth-order valence-corrected chi connectivity index (χ4v) is 5.45. The van der Waals surface area contributed by atoms with Crippen molar-refractivity contribution in [1.29, 1.82) is 0 Å². The Hall–Kier alpha value is -3.10. The highest BCUT2D eigenvalue weighted by Crippen LogP contribution is 2.48. The van der Waals surface area contributed by atoms with Crippen LogP contribution in [0.3, 0.4) is 0 Å². The lowest BCUT2D eigenvalue weighted by atomic mass is 9.63. The van der Waals surface area contributed by atoms with Crippen molar-refractivity contribution in [3.8, 4) is 11.4 Å². The maximum atomic E-state index is 12.3. The predicted octanol–water partition coefficient (Wildman–Crippen LogP) is 3.83. The Bertz CT molecular complexity index is 1230. The molecule has 1 amide bonds. The van der Waals surface area contributed by atoms with E-state index in [0.717, 1.165) is 18.4 Å². The van der Waals surface area contributed by atoms with Crippen molar-refractivity contribution in [1.82, 2.24) is 25.3 Å². The van der Waals surface area contributed by atoms with E-state index in [0.29, 0.717) is 54.9 Å². The van der Waals surface area contributed by atoms with Gasteiger partial charge in [-0.25, -0.2) is 0 Å². The second-order valence-electron chi connectivity index (χ2n) is 10.9. The molecule has 8 heteroatoms. The molecule has 0 bridgehead atoms. The maximum absolute atomic E-state index is 12.3. The third kappa shape index (κ3) is 4.22. The van der Waals surface area contributed by atoms with Gasteiger partial charge in [-0.1, -0.05) is 50.2 Å². The zero-order valence-corrected chi connectivity index (χ0v) is 21.5. The first-order valence-corrected chi connectivity index (χ1v) is 12.8. The molecule has 2 aliphatic rings. The summed E-state index contributed by atoms with van der Waals surface area (Å²) in [5, 5.41) is 19.9. The minimum Gasteiger partial charge on any atom is -0.380 e. The topological polar surface area (TPSA) is 104 Å². The maximum Gasteiger partial charge on any atom is 0.230 e. The van der Waals surface area contributed by atoms with Gasteiger partial charge >= 0.3 is 0 Å². The molecule has 2 aliphatic heterocycles. The summed E-state index contributed by atoms with van der Waals surface area (Å²) < 4.78 is 5.63. The van der Waals surface area contributed by atoms with Gasteiger partial charge in [-0.15, -0.1) is 0 Å². The van der Waals surface area contributed by atoms with Crippen LogP contribution in [-0.2, 0) is 10.4 Å². The highest BCUT2D eigenvalue weighted by Gasteiger charge is 2.53. The smallest absolute Gasteiger partial charge is 0.230 e. The number of amides is 1. The van der Waals surface area contributed by atoms with Crippen LogP contribution in [0.15, 0.2) is 47.2 Å². The summed E-state index contributed by atoms with van der Waals surface area (Å²) in [6.07, 6.45) is 5.05. The van der Waals surface area contributed by atoms with E-state index in [2.05, 4.69) is 53.3 Å². The first kappa shape index (κ1) is 24.6. The lowest BCUT2D eigenvalue weighted by Gasteiger charge is -2.52. The molecule has 2 saturated heterocycles. The van der Waals surface area contributed by atoms with Crippen LogP contribution in [0.25, 0.3) is 11.4 Å². The second kappa shape index (κ2) is 9.41. The van der Waals surface area contributed by atoms with Crippen LogP contribution in [0.5, 0.6) is 0 Å². The van der Waals surface area contributed by atoms with Gasteiger partial charge in [0, 0.05) is 68.0 Å². The number of carbonyl (C=O) groups excluding carboxylic acids is 1. The van der Waals surface area contributed by atoms with Crippen molar-refractivity contribution in [2.24, 2.45) is 5.41 Å². The van der Waals surface area contributed by atoms with E-state index in [4.69, 9.17) is 4.52 Å². The third-order valence-electron chi connectivity index (χ3n) is 8.04. The van der Waals surface area contributed by atoms with Crippen molar-refractivity contribution < 1.29 is 14.4 Å². The minimum atomic E-state index is -1.23. The SMILES string of the molecule is CC(=O)N1CCC(c2nc(-c3cncc([C@@](O)(c4ccc(C(C)C)cc4)C4(C)CNC4)c3)no2)CC1. The van der Waals surface area contributed by atoms with E-state index < -0.39 is 5.60 Å². The molecule has 2 aromatic heterocycles. The predicted molar refractivity (Wildman–Crippen MR) is 136 cm³/mol. The molecule has 1 aromatic carbocycles. The number of hydrogen-bond donors (Lipinski definition) is 2. The second-order valence-corrected chi connectivity index (χ2v) is 10.9. The number of nitrogens with zero attached hydrogens (tertiary/aromatic N) is 4. The molecule has 0 radical (unpaired) electrons. The normalized spacial score (nSPS) is 19.7. The van der Waals surface area contributed by atoms with E-state index in [1.165, 1.54) is 5.56 Å². The Morgan fingerprint density at radius 2 is 1.86 bits per heavy atom. The zero-order valence-electron chi connectivity index (χ0n) is 21.5. The number of carbonyl (C=O) groups is 1. The molecule has 1 atom stereocenters. The highest BCUT2D eigenvalue weighted by atomic mass is 16.5. The Morgan fingerprint density at radius 1 is 1.17 bits per heavy atom. The summed E-state index contributed by atoms with van der Waals surface area (Å²) in [5.74, 6) is 1.70. The van der Waals surface area contributed by atoms with E-state index >= 15 is 0 Å². The molecule has 5 rings (SSSR count). The van der Waals surface area contributed by atoms with Crippen molar-refractivity contribution in [2.45, 2.75) is 58.0 Å². The Kier molecular flexibility index (Phi) is 6.43. The van der Waals surface area contributed by atoms with E-state index in [1.54, 1.807) is 19.3 Å². The molecular formula is C28H35N5O3. The monoisotopic (exact) mass is 489 g/mol. The summed E-state index contributed by atoms with van der Waals surface area (Å²) in [6.45, 7) is 10.8. The summed E-state index contributed by atoms with van der Waals surface area (Å²) >= 11 is 0. The van der Waals surface area contributed by atoms with Crippen LogP contribution in [0.2, 0.25) is 0 Å². The zero-order chi connectivity index (χ0) is 25.5. The molecule has 4 heterocycles. The number of piperidine rings is 1. The average Bonchev–Trinajstić information content (AvgIpc) is 3.37. The summed E-state index contributed by atoms with van der Waals surface area (Å²) in [5.41, 5.74) is 1.88. The Labute approximate surface area is 212 Å². The molecular weight excluding hydrogens is 454 g/mol. The molecule has 8 nitrogen and oxygen atoms in total. The van der Waals surface area contributed by atoms with Crippen LogP contribution < -0.4 is 5.32 Å². The van der Waals surface area contributed by atoms with E-state index in [1.807, 2.05) is 23.1 Å². The number of likely N-dealkylation sites (tertiary alicyclic amines) is 1. The molecule has 0 unspecified atom stereocenters.